The molecule has 23 heavy (non-hydrogen) atoms. The van der Waals surface area contributed by atoms with Crippen LogP contribution in [0.15, 0.2) is 40.9 Å². The number of benzene rings is 2. The van der Waals surface area contributed by atoms with Gasteiger partial charge in [-0.05, 0) is 24.3 Å². The van der Waals surface area contributed by atoms with Crippen molar-refractivity contribution in [3.05, 3.63) is 46.4 Å². The van der Waals surface area contributed by atoms with Crippen molar-refractivity contribution >= 4 is 27.5 Å². The molecule has 6 heteroatoms. The van der Waals surface area contributed by atoms with Crippen LogP contribution in [0.3, 0.4) is 0 Å². The van der Waals surface area contributed by atoms with E-state index in [4.69, 9.17) is 14.2 Å². The monoisotopic (exact) mass is 379 g/mol. The predicted octanol–water partition coefficient (Wildman–Crippen LogP) is 3.66. The molecular weight excluding hydrogens is 362 g/mol. The van der Waals surface area contributed by atoms with Crippen molar-refractivity contribution < 1.29 is 19.0 Å². The minimum atomic E-state index is -0.145. The summed E-state index contributed by atoms with van der Waals surface area (Å²) < 4.78 is 16.9. The predicted molar refractivity (Wildman–Crippen MR) is 92.6 cm³/mol. The number of hydrogen-bond donors (Lipinski definition) is 1. The molecule has 0 bridgehead atoms. The Labute approximate surface area is 143 Å². The van der Waals surface area contributed by atoms with Gasteiger partial charge < -0.3 is 19.5 Å². The fourth-order valence-electron chi connectivity index (χ4n) is 2.25. The van der Waals surface area contributed by atoms with Gasteiger partial charge in [-0.15, -0.1) is 0 Å². The van der Waals surface area contributed by atoms with Crippen molar-refractivity contribution in [2.75, 3.05) is 26.6 Å². The second-order valence-corrected chi connectivity index (χ2v) is 5.64. The number of carbonyl (C=O) groups is 1. The minimum Gasteiger partial charge on any atom is -0.493 e. The lowest BCUT2D eigenvalue weighted by atomic mass is 10.1. The molecule has 0 unspecified atom stereocenters. The molecular formula is C17H18BrNO4. The summed E-state index contributed by atoms with van der Waals surface area (Å²) in [6, 6.07) is 11.0. The molecule has 1 amide bonds. The zero-order valence-electron chi connectivity index (χ0n) is 13.2. The molecule has 122 valence electrons. The average Bonchev–Trinajstić information content (AvgIpc) is 2.54. The van der Waals surface area contributed by atoms with Crippen LogP contribution in [0.5, 0.6) is 17.2 Å². The van der Waals surface area contributed by atoms with E-state index in [2.05, 4.69) is 21.2 Å². The number of ether oxygens (including phenoxy) is 3. The fourth-order valence-corrected chi connectivity index (χ4v) is 2.65. The molecule has 5 nitrogen and oxygen atoms in total. The molecule has 0 aliphatic carbocycles. The van der Waals surface area contributed by atoms with Gasteiger partial charge in [-0.2, -0.15) is 0 Å². The van der Waals surface area contributed by atoms with Crippen LogP contribution >= 0.6 is 15.9 Å². The van der Waals surface area contributed by atoms with Crippen LogP contribution in [0, 0.1) is 0 Å². The first kappa shape index (κ1) is 17.1. The molecule has 0 radical (unpaired) electrons. The summed E-state index contributed by atoms with van der Waals surface area (Å²) in [7, 11) is 4.62. The molecule has 2 aromatic carbocycles. The zero-order valence-corrected chi connectivity index (χ0v) is 14.8. The van der Waals surface area contributed by atoms with Crippen molar-refractivity contribution in [3.63, 3.8) is 0 Å². The van der Waals surface area contributed by atoms with Crippen molar-refractivity contribution in [3.8, 4) is 17.2 Å². The van der Waals surface area contributed by atoms with Crippen LogP contribution in [0.25, 0.3) is 0 Å². The molecule has 0 spiro atoms. The van der Waals surface area contributed by atoms with Crippen molar-refractivity contribution in [2.24, 2.45) is 0 Å². The Hall–Kier alpha value is -2.21. The van der Waals surface area contributed by atoms with Crippen LogP contribution in [0.1, 0.15) is 5.56 Å². The fraction of sp³-hybridized carbons (Fsp3) is 0.235. The van der Waals surface area contributed by atoms with Gasteiger partial charge in [-0.3, -0.25) is 4.79 Å². The molecule has 0 fully saturated rings. The molecule has 2 aromatic rings. The van der Waals surface area contributed by atoms with Gasteiger partial charge in [0.1, 0.15) is 0 Å². The maximum absolute atomic E-state index is 12.3. The highest BCUT2D eigenvalue weighted by atomic mass is 79.9. The maximum Gasteiger partial charge on any atom is 0.228 e. The lowest BCUT2D eigenvalue weighted by Gasteiger charge is -2.15. The Bertz CT molecular complexity index is 703. The van der Waals surface area contributed by atoms with Gasteiger partial charge in [0, 0.05) is 15.7 Å². The molecule has 1 N–H and O–H groups in total. The van der Waals surface area contributed by atoms with Gasteiger partial charge in [-0.1, -0.05) is 28.1 Å². The molecule has 0 atom stereocenters. The standard InChI is InChI=1S/C17H18BrNO4/c1-21-14-8-7-11(16(22-2)17(14)23-3)9-15(20)19-13-6-4-5-12(18)10-13/h4-8,10H,9H2,1-3H3,(H,19,20). The number of nitrogens with one attached hydrogen (secondary N) is 1. The quantitative estimate of drug-likeness (QED) is 0.831. The topological polar surface area (TPSA) is 56.8 Å². The van der Waals surface area contributed by atoms with E-state index in [1.807, 2.05) is 24.3 Å². The molecule has 0 saturated heterocycles. The lowest BCUT2D eigenvalue weighted by Crippen LogP contribution is -2.15. The molecule has 2 rings (SSSR count). The van der Waals surface area contributed by atoms with Crippen LogP contribution in [0.4, 0.5) is 5.69 Å². The Morgan fingerprint density at radius 2 is 1.78 bits per heavy atom. The Kier molecular flexibility index (Phi) is 5.87. The first-order valence-corrected chi connectivity index (χ1v) is 7.71. The van der Waals surface area contributed by atoms with E-state index in [0.717, 1.165) is 15.7 Å². The number of hydrogen-bond acceptors (Lipinski definition) is 4. The van der Waals surface area contributed by atoms with E-state index in [1.54, 1.807) is 19.2 Å². The molecule has 0 heterocycles. The van der Waals surface area contributed by atoms with E-state index in [9.17, 15) is 4.79 Å². The molecule has 0 saturated carbocycles. The number of anilines is 1. The van der Waals surface area contributed by atoms with Gasteiger partial charge >= 0.3 is 0 Å². The summed E-state index contributed by atoms with van der Waals surface area (Å²) in [4.78, 5) is 12.3. The summed E-state index contributed by atoms with van der Waals surface area (Å²) in [5.41, 5.74) is 1.45. The smallest absolute Gasteiger partial charge is 0.228 e. The molecule has 0 aliphatic heterocycles. The third-order valence-corrected chi connectivity index (χ3v) is 3.74. The van der Waals surface area contributed by atoms with Crippen molar-refractivity contribution in [1.29, 1.82) is 0 Å². The van der Waals surface area contributed by atoms with Crippen LogP contribution < -0.4 is 19.5 Å². The highest BCUT2D eigenvalue weighted by Crippen LogP contribution is 2.39. The number of carbonyl (C=O) groups excluding carboxylic acids is 1. The molecule has 0 aromatic heterocycles. The largest absolute Gasteiger partial charge is 0.493 e. The van der Waals surface area contributed by atoms with Crippen molar-refractivity contribution in [2.45, 2.75) is 6.42 Å². The maximum atomic E-state index is 12.3. The first-order valence-electron chi connectivity index (χ1n) is 6.92. The second-order valence-electron chi connectivity index (χ2n) is 4.73. The Morgan fingerprint density at radius 1 is 1.04 bits per heavy atom. The summed E-state index contributed by atoms with van der Waals surface area (Å²) in [6.07, 6.45) is 0.163. The van der Waals surface area contributed by atoms with E-state index in [1.165, 1.54) is 14.2 Å². The average molecular weight is 380 g/mol. The van der Waals surface area contributed by atoms with Gasteiger partial charge in [0.25, 0.3) is 0 Å². The Balaban J connectivity index is 2.20. The van der Waals surface area contributed by atoms with Crippen LogP contribution in [0.2, 0.25) is 0 Å². The second kappa shape index (κ2) is 7.87. The normalized spacial score (nSPS) is 10.1. The third kappa shape index (κ3) is 4.16. The number of methoxy groups -OCH3 is 3. The summed E-state index contributed by atoms with van der Waals surface area (Å²) in [6.45, 7) is 0. The Morgan fingerprint density at radius 3 is 2.39 bits per heavy atom. The minimum absolute atomic E-state index is 0.145. The number of halogens is 1. The van der Waals surface area contributed by atoms with Gasteiger partial charge in [0.15, 0.2) is 11.5 Å². The summed E-state index contributed by atoms with van der Waals surface area (Å²) in [5, 5.41) is 2.85. The lowest BCUT2D eigenvalue weighted by molar-refractivity contribution is -0.115. The van der Waals surface area contributed by atoms with Crippen LogP contribution in [-0.4, -0.2) is 27.2 Å². The highest BCUT2D eigenvalue weighted by Gasteiger charge is 2.17. The zero-order chi connectivity index (χ0) is 16.8. The highest BCUT2D eigenvalue weighted by molar-refractivity contribution is 9.10. The summed E-state index contributed by atoms with van der Waals surface area (Å²) in [5.74, 6) is 1.38. The third-order valence-electron chi connectivity index (χ3n) is 3.25. The SMILES string of the molecule is COc1ccc(CC(=O)Nc2cccc(Br)c2)c(OC)c1OC. The summed E-state index contributed by atoms with van der Waals surface area (Å²) >= 11 is 3.37. The van der Waals surface area contributed by atoms with E-state index in [-0.39, 0.29) is 12.3 Å². The van der Waals surface area contributed by atoms with E-state index >= 15 is 0 Å². The molecule has 0 aliphatic rings. The number of rotatable bonds is 6. The first-order chi connectivity index (χ1) is 11.1. The number of amides is 1. The van der Waals surface area contributed by atoms with Gasteiger partial charge in [-0.25, -0.2) is 0 Å². The van der Waals surface area contributed by atoms with Crippen molar-refractivity contribution in [1.82, 2.24) is 0 Å². The van der Waals surface area contributed by atoms with E-state index < -0.39 is 0 Å². The van der Waals surface area contributed by atoms with Crippen LogP contribution in [-0.2, 0) is 11.2 Å². The van der Waals surface area contributed by atoms with E-state index in [0.29, 0.717) is 17.2 Å². The van der Waals surface area contributed by atoms with Gasteiger partial charge in [0.2, 0.25) is 11.7 Å². The van der Waals surface area contributed by atoms with Gasteiger partial charge in [0.05, 0.1) is 27.8 Å².